The topological polar surface area (TPSA) is 29.5 Å². The lowest BCUT2D eigenvalue weighted by Crippen LogP contribution is -2.46. The standard InChI is InChI=1S/C10H19BO2/c1-10(2)7-3-8(10)6-13-9(12)5-11-4-7/h7-9,11-12H,3-6H2,1-2H3. The van der Waals surface area contributed by atoms with Gasteiger partial charge in [0.2, 0.25) is 0 Å². The number of ether oxygens (including phenoxy) is 1. The Labute approximate surface area is 80.9 Å². The fourth-order valence-electron chi connectivity index (χ4n) is 2.75. The van der Waals surface area contributed by atoms with Gasteiger partial charge in [-0.05, 0) is 30.0 Å². The zero-order chi connectivity index (χ0) is 9.47. The van der Waals surface area contributed by atoms with Crippen LogP contribution in [0.1, 0.15) is 20.3 Å². The van der Waals surface area contributed by atoms with Crippen LogP contribution in [0.5, 0.6) is 0 Å². The Kier molecular flexibility index (Phi) is 2.41. The molecule has 0 spiro atoms. The maximum Gasteiger partial charge on any atom is 0.147 e. The molecule has 0 amide bonds. The summed E-state index contributed by atoms with van der Waals surface area (Å²) in [5.41, 5.74) is 0.448. The second kappa shape index (κ2) is 3.28. The molecule has 2 aliphatic heterocycles. The second-order valence-corrected chi connectivity index (χ2v) is 5.17. The maximum atomic E-state index is 9.42. The fraction of sp³-hybridized carbons (Fsp3) is 1.00. The van der Waals surface area contributed by atoms with Gasteiger partial charge in [0.25, 0.3) is 0 Å². The molecule has 3 rings (SSSR count). The molecule has 0 aromatic heterocycles. The van der Waals surface area contributed by atoms with Gasteiger partial charge in [-0.15, -0.1) is 0 Å². The van der Waals surface area contributed by atoms with Crippen LogP contribution in [0.3, 0.4) is 0 Å². The van der Waals surface area contributed by atoms with E-state index in [0.717, 1.165) is 26.1 Å². The average Bonchev–Trinajstić information content (AvgIpc) is 2.19. The third-order valence-electron chi connectivity index (χ3n) is 4.17. The molecule has 3 atom stereocenters. The van der Waals surface area contributed by atoms with Crippen molar-refractivity contribution in [1.29, 1.82) is 0 Å². The van der Waals surface area contributed by atoms with Crippen molar-refractivity contribution in [2.45, 2.75) is 39.2 Å². The highest BCUT2D eigenvalue weighted by atomic mass is 16.6. The largest absolute Gasteiger partial charge is 0.369 e. The van der Waals surface area contributed by atoms with Gasteiger partial charge in [0, 0.05) is 0 Å². The first-order valence-electron chi connectivity index (χ1n) is 5.40. The Morgan fingerprint density at radius 3 is 2.77 bits per heavy atom. The third-order valence-corrected chi connectivity index (χ3v) is 4.17. The number of hydrogen-bond acceptors (Lipinski definition) is 2. The minimum absolute atomic E-state index is 0.448. The van der Waals surface area contributed by atoms with Gasteiger partial charge in [0.05, 0.1) is 6.61 Å². The molecule has 1 saturated carbocycles. The highest BCUT2D eigenvalue weighted by Gasteiger charge is 2.47. The fourth-order valence-corrected chi connectivity index (χ4v) is 2.75. The maximum absolute atomic E-state index is 9.42. The second-order valence-electron chi connectivity index (χ2n) is 5.17. The summed E-state index contributed by atoms with van der Waals surface area (Å²) in [6.45, 7) is 5.43. The molecular formula is C10H19BO2. The van der Waals surface area contributed by atoms with Crippen LogP contribution in [0.4, 0.5) is 0 Å². The quantitative estimate of drug-likeness (QED) is 0.571. The smallest absolute Gasteiger partial charge is 0.147 e. The highest BCUT2D eigenvalue weighted by molar-refractivity contribution is 6.35. The first-order valence-corrected chi connectivity index (χ1v) is 5.40. The number of aliphatic hydroxyl groups excluding tert-OH is 1. The predicted octanol–water partition coefficient (Wildman–Crippen LogP) is 1.27. The molecule has 2 heterocycles. The Bertz CT molecular complexity index is 193. The van der Waals surface area contributed by atoms with Crippen LogP contribution in [-0.4, -0.2) is 25.3 Å². The van der Waals surface area contributed by atoms with E-state index < -0.39 is 6.29 Å². The monoisotopic (exact) mass is 182 g/mol. The lowest BCUT2D eigenvalue weighted by molar-refractivity contribution is -0.135. The molecular weight excluding hydrogens is 163 g/mol. The SMILES string of the molecule is CC1(C)C2CBCC(O)OCC1C2. The van der Waals surface area contributed by atoms with Crippen molar-refractivity contribution in [3.63, 3.8) is 0 Å². The average molecular weight is 182 g/mol. The molecule has 74 valence electrons. The summed E-state index contributed by atoms with van der Waals surface area (Å²) in [6, 6.07) is 0. The molecule has 3 unspecified atom stereocenters. The Morgan fingerprint density at radius 2 is 2.08 bits per heavy atom. The molecule has 2 nitrogen and oxygen atoms in total. The van der Waals surface area contributed by atoms with Crippen LogP contribution in [0, 0.1) is 17.3 Å². The Balaban J connectivity index is 2.00. The molecule has 2 saturated heterocycles. The summed E-state index contributed by atoms with van der Waals surface area (Å²) in [5.74, 6) is 1.54. The van der Waals surface area contributed by atoms with Crippen molar-refractivity contribution in [3.05, 3.63) is 0 Å². The summed E-state index contributed by atoms with van der Waals surface area (Å²) in [4.78, 5) is 0. The molecule has 0 aromatic rings. The molecule has 1 N–H and O–H groups in total. The zero-order valence-electron chi connectivity index (χ0n) is 8.62. The van der Waals surface area contributed by atoms with Crippen molar-refractivity contribution in [3.8, 4) is 0 Å². The minimum Gasteiger partial charge on any atom is -0.369 e. The third kappa shape index (κ3) is 1.64. The summed E-state index contributed by atoms with van der Waals surface area (Å²) in [6.07, 6.45) is 2.89. The summed E-state index contributed by atoms with van der Waals surface area (Å²) < 4.78 is 5.40. The van der Waals surface area contributed by atoms with Crippen molar-refractivity contribution in [2.24, 2.45) is 17.3 Å². The van der Waals surface area contributed by atoms with Crippen molar-refractivity contribution in [1.82, 2.24) is 0 Å². The summed E-state index contributed by atoms with van der Waals surface area (Å²) in [7, 11) is 1.11. The van der Waals surface area contributed by atoms with Crippen LogP contribution in [0.2, 0.25) is 12.6 Å². The number of fused-ring (bicyclic) bond motifs is 5. The van der Waals surface area contributed by atoms with E-state index in [2.05, 4.69) is 13.8 Å². The van der Waals surface area contributed by atoms with Gasteiger partial charge in [-0.3, -0.25) is 0 Å². The molecule has 3 aliphatic rings. The summed E-state index contributed by atoms with van der Waals surface area (Å²) in [5, 5.41) is 9.42. The molecule has 3 heteroatoms. The number of hydrogen-bond donors (Lipinski definition) is 1. The summed E-state index contributed by atoms with van der Waals surface area (Å²) >= 11 is 0. The number of aliphatic hydroxyl groups is 1. The van der Waals surface area contributed by atoms with Crippen LogP contribution >= 0.6 is 0 Å². The van der Waals surface area contributed by atoms with Crippen molar-refractivity contribution in [2.75, 3.05) is 6.61 Å². The molecule has 0 aromatic carbocycles. The van der Waals surface area contributed by atoms with Crippen LogP contribution in [-0.2, 0) is 4.74 Å². The van der Waals surface area contributed by atoms with Crippen LogP contribution in [0.15, 0.2) is 0 Å². The van der Waals surface area contributed by atoms with Gasteiger partial charge in [0.15, 0.2) is 0 Å². The molecule has 1 aliphatic carbocycles. The van der Waals surface area contributed by atoms with Crippen molar-refractivity contribution < 1.29 is 9.84 Å². The normalized spacial score (nSPS) is 43.5. The highest BCUT2D eigenvalue weighted by Crippen LogP contribution is 2.53. The van der Waals surface area contributed by atoms with Gasteiger partial charge in [-0.2, -0.15) is 0 Å². The van der Waals surface area contributed by atoms with E-state index >= 15 is 0 Å². The van der Waals surface area contributed by atoms with E-state index in [4.69, 9.17) is 4.74 Å². The first kappa shape index (κ1) is 9.54. The predicted molar refractivity (Wildman–Crippen MR) is 54.1 cm³/mol. The van der Waals surface area contributed by atoms with Gasteiger partial charge >= 0.3 is 0 Å². The minimum atomic E-state index is -0.504. The first-order chi connectivity index (χ1) is 6.10. The van der Waals surface area contributed by atoms with Crippen molar-refractivity contribution >= 4 is 7.28 Å². The molecule has 3 fully saturated rings. The van der Waals surface area contributed by atoms with E-state index in [1.54, 1.807) is 0 Å². The number of rotatable bonds is 0. The molecule has 0 radical (unpaired) electrons. The van der Waals surface area contributed by atoms with Gasteiger partial charge in [-0.25, -0.2) is 0 Å². The lowest BCUT2D eigenvalue weighted by atomic mass is 9.48. The van der Waals surface area contributed by atoms with E-state index in [0.29, 0.717) is 11.3 Å². The van der Waals surface area contributed by atoms with E-state index in [1.807, 2.05) is 0 Å². The van der Waals surface area contributed by atoms with Crippen LogP contribution < -0.4 is 0 Å². The Hall–Kier alpha value is -0.0151. The van der Waals surface area contributed by atoms with Gasteiger partial charge in [-0.1, -0.05) is 20.2 Å². The van der Waals surface area contributed by atoms with E-state index in [1.165, 1.54) is 12.7 Å². The van der Waals surface area contributed by atoms with Crippen LogP contribution in [0.25, 0.3) is 0 Å². The molecule has 13 heavy (non-hydrogen) atoms. The zero-order valence-corrected chi connectivity index (χ0v) is 8.62. The molecule has 2 bridgehead atoms. The van der Waals surface area contributed by atoms with Gasteiger partial charge < -0.3 is 9.84 Å². The Morgan fingerprint density at radius 1 is 1.31 bits per heavy atom. The van der Waals surface area contributed by atoms with E-state index in [-0.39, 0.29) is 0 Å². The van der Waals surface area contributed by atoms with Gasteiger partial charge in [0.1, 0.15) is 13.6 Å². The van der Waals surface area contributed by atoms with E-state index in [9.17, 15) is 5.11 Å². The lowest BCUT2D eigenvalue weighted by Gasteiger charge is -2.52.